The van der Waals surface area contributed by atoms with E-state index in [1.54, 1.807) is 6.92 Å². The quantitative estimate of drug-likeness (QED) is 0.0160. The zero-order valence-corrected chi connectivity index (χ0v) is 59.3. The smallest absolute Gasteiger partial charge is 0.232 e. The summed E-state index contributed by atoms with van der Waals surface area (Å²) in [7, 11) is 4.30. The number of benzene rings is 2. The van der Waals surface area contributed by atoms with E-state index in [-0.39, 0.29) is 83.5 Å². The number of hydrogen-bond donors (Lipinski definition) is 2. The molecule has 16 heteroatoms. The lowest BCUT2D eigenvalue weighted by atomic mass is 9.72. The second kappa shape index (κ2) is 42.9. The molecule has 16 nitrogen and oxygen atoms in total. The molecule has 0 amide bonds. The molecule has 2 aliphatic rings. The summed E-state index contributed by atoms with van der Waals surface area (Å²) in [5.74, 6) is -1.12. The minimum atomic E-state index is -0.440. The first-order chi connectivity index (χ1) is 44.0. The fourth-order valence-corrected chi connectivity index (χ4v) is 11.7. The Balaban J connectivity index is 0.000000736. The van der Waals surface area contributed by atoms with Crippen molar-refractivity contribution in [3.05, 3.63) is 115 Å². The van der Waals surface area contributed by atoms with Crippen molar-refractivity contribution in [2.75, 3.05) is 40.9 Å². The molecule has 0 bridgehead atoms. The molecule has 92 heavy (non-hydrogen) atoms. The number of hydrogen-bond acceptors (Lipinski definition) is 16. The van der Waals surface area contributed by atoms with E-state index < -0.39 is 11.8 Å². The van der Waals surface area contributed by atoms with Crippen LogP contribution < -0.4 is 0 Å². The summed E-state index contributed by atoms with van der Waals surface area (Å²) >= 11 is 0. The Morgan fingerprint density at radius 3 is 1.33 bits per heavy atom. The van der Waals surface area contributed by atoms with Gasteiger partial charge in [0, 0.05) is 83.4 Å². The number of carbonyl (C=O) groups excluding carboxylic acids is 4. The van der Waals surface area contributed by atoms with Crippen LogP contribution in [0.4, 0.5) is 0 Å². The van der Waals surface area contributed by atoms with E-state index >= 15 is 9.59 Å². The highest BCUT2D eigenvalue weighted by atomic mass is 17.2. The fraction of sp³-hybridized carbons (Fsp3) is 0.632. The summed E-state index contributed by atoms with van der Waals surface area (Å²) in [4.78, 5) is 103. The van der Waals surface area contributed by atoms with Crippen molar-refractivity contribution in [2.45, 2.75) is 273 Å². The molecule has 0 spiro atoms. The Kier molecular flexibility index (Phi) is 37.3. The van der Waals surface area contributed by atoms with Crippen LogP contribution in [0.5, 0.6) is 0 Å². The van der Waals surface area contributed by atoms with Gasteiger partial charge in [-0.3, -0.25) is 29.2 Å². The van der Waals surface area contributed by atoms with Crippen molar-refractivity contribution in [2.24, 2.45) is 20.0 Å². The van der Waals surface area contributed by atoms with Gasteiger partial charge < -0.3 is 19.6 Å². The Morgan fingerprint density at radius 1 is 0.467 bits per heavy atom. The number of Topliss-reactive ketones (excluding diaryl/α,β-unsaturated/α-hetero) is 4. The molecular formula is C76H116N4O12. The summed E-state index contributed by atoms with van der Waals surface area (Å²) in [6.07, 6.45) is 25.7. The molecule has 2 aromatic carbocycles. The van der Waals surface area contributed by atoms with Crippen molar-refractivity contribution in [1.82, 2.24) is 0 Å². The first-order valence-electron chi connectivity index (χ1n) is 34.3. The van der Waals surface area contributed by atoms with Crippen molar-refractivity contribution in [3.63, 3.8) is 0 Å². The van der Waals surface area contributed by atoms with E-state index in [2.05, 4.69) is 124 Å². The van der Waals surface area contributed by atoms with Crippen LogP contribution in [-0.2, 0) is 59.3 Å². The van der Waals surface area contributed by atoms with Crippen molar-refractivity contribution in [3.8, 4) is 0 Å². The van der Waals surface area contributed by atoms with Gasteiger partial charge in [-0.1, -0.05) is 247 Å². The molecule has 2 atom stereocenters. The molecule has 2 N–H and O–H groups in total. The molecule has 4 rings (SSSR count). The molecule has 2 aromatic rings. The first kappa shape index (κ1) is 80.0. The summed E-state index contributed by atoms with van der Waals surface area (Å²) < 4.78 is 0. The molecule has 0 saturated carbocycles. The van der Waals surface area contributed by atoms with Crippen LogP contribution in [0.15, 0.2) is 113 Å². The monoisotopic (exact) mass is 1280 g/mol. The van der Waals surface area contributed by atoms with Crippen LogP contribution in [0, 0.1) is 0 Å². The van der Waals surface area contributed by atoms with Gasteiger partial charge in [-0.15, -0.1) is 0 Å². The van der Waals surface area contributed by atoms with Gasteiger partial charge in [-0.05, 0) is 59.3 Å². The Bertz CT molecular complexity index is 2890. The van der Waals surface area contributed by atoms with Crippen LogP contribution >= 0.6 is 0 Å². The third-order valence-electron chi connectivity index (χ3n) is 17.5. The molecule has 0 radical (unpaired) electrons. The standard InChI is InChI=1S/C59H92N2O6.C17H24N2O6/c1-12-14-16-18-20-22-24-26-28-30-32-52(66-64)61-43-51-55(45(4)47-35-39-49(40-36-47)59(8,9)10)56(62)50(54(57(51)63)44(3)46-33-37-48(38-34-46)58(5,6)7)42-53(67-65-11)60-41-31-29-27-25-23-21-19-17-15-13-2;1-6-7-12-13(8-15(18-4)25-23-5)16(20)10(2)14(17(12)21)9-19-11(3)24-22/h33-40,44-45,64H,12-32,41-43H2,1-11H3;22H,6-9H2,1-5H3. The van der Waals surface area contributed by atoms with Gasteiger partial charge >= 0.3 is 0 Å². The third-order valence-corrected chi connectivity index (χ3v) is 17.5. The average molecular weight is 1280 g/mol. The molecule has 0 aromatic heterocycles. The van der Waals surface area contributed by atoms with Gasteiger partial charge in [0.05, 0.1) is 40.2 Å². The van der Waals surface area contributed by atoms with Gasteiger partial charge in [0.1, 0.15) is 0 Å². The van der Waals surface area contributed by atoms with Crippen molar-refractivity contribution in [1.29, 1.82) is 0 Å². The molecule has 2 aliphatic carbocycles. The van der Waals surface area contributed by atoms with E-state index in [0.717, 1.165) is 49.7 Å². The van der Waals surface area contributed by atoms with Crippen molar-refractivity contribution >= 4 is 46.7 Å². The lowest BCUT2D eigenvalue weighted by molar-refractivity contribution is -0.196. The molecule has 2 unspecified atom stereocenters. The Hall–Kier alpha value is -6.20. The predicted octanol–water partition coefficient (Wildman–Crippen LogP) is 18.9. The lowest BCUT2D eigenvalue weighted by Crippen LogP contribution is -2.31. The molecule has 0 heterocycles. The highest BCUT2D eigenvalue weighted by Crippen LogP contribution is 2.42. The van der Waals surface area contributed by atoms with E-state index in [9.17, 15) is 14.8 Å². The van der Waals surface area contributed by atoms with Crippen LogP contribution in [0.3, 0.4) is 0 Å². The molecule has 0 fully saturated rings. The van der Waals surface area contributed by atoms with Gasteiger partial charge in [0.2, 0.25) is 23.6 Å². The fourth-order valence-electron chi connectivity index (χ4n) is 11.7. The maximum atomic E-state index is 15.5. The van der Waals surface area contributed by atoms with Crippen molar-refractivity contribution < 1.29 is 59.0 Å². The maximum absolute atomic E-state index is 15.5. The van der Waals surface area contributed by atoms with Gasteiger partial charge in [0.25, 0.3) is 0 Å². The Morgan fingerprint density at radius 2 is 0.891 bits per heavy atom. The molecule has 512 valence electrons. The summed E-state index contributed by atoms with van der Waals surface area (Å²) in [6, 6.07) is 16.7. The van der Waals surface area contributed by atoms with Gasteiger partial charge in [-0.25, -0.2) is 20.5 Å². The summed E-state index contributed by atoms with van der Waals surface area (Å²) in [5.41, 5.74) is 7.02. The second-order valence-corrected chi connectivity index (χ2v) is 26.7. The second-order valence-electron chi connectivity index (χ2n) is 26.7. The summed E-state index contributed by atoms with van der Waals surface area (Å²) in [6.45, 7) is 26.9. The van der Waals surface area contributed by atoms with E-state index in [0.29, 0.717) is 70.4 Å². The third kappa shape index (κ3) is 26.3. The molecule has 0 saturated heterocycles. The lowest BCUT2D eigenvalue weighted by Gasteiger charge is -2.30. The number of allylic oxidation sites excluding steroid dienone is 4. The number of ketones is 4. The largest absolute Gasteiger partial charge is 0.325 e. The first-order valence-corrected chi connectivity index (χ1v) is 34.3. The summed E-state index contributed by atoms with van der Waals surface area (Å²) in [5, 5.41) is 18.6. The zero-order valence-electron chi connectivity index (χ0n) is 59.3. The average Bonchev–Trinajstić information content (AvgIpc) is 0.794. The molecular weight excluding hydrogens is 1160 g/mol. The van der Waals surface area contributed by atoms with E-state index in [1.807, 2.05) is 20.8 Å². The maximum Gasteiger partial charge on any atom is 0.232 e. The number of unbranched alkanes of at least 4 members (excludes halogenated alkanes) is 18. The van der Waals surface area contributed by atoms with E-state index in [4.69, 9.17) is 34.8 Å². The number of rotatable bonds is 38. The van der Waals surface area contributed by atoms with Gasteiger partial charge in [0.15, 0.2) is 23.1 Å². The minimum Gasteiger partial charge on any atom is -0.325 e. The number of nitrogens with zero attached hydrogens (tertiary/aromatic N) is 4. The highest BCUT2D eigenvalue weighted by molar-refractivity contribution is 6.28. The normalized spacial score (nSPS) is 15.6. The van der Waals surface area contributed by atoms with Gasteiger partial charge in [-0.2, -0.15) is 9.78 Å². The topological polar surface area (TPSA) is 214 Å². The number of carbonyl (C=O) groups is 4. The zero-order chi connectivity index (χ0) is 68.2. The predicted molar refractivity (Wildman–Crippen MR) is 373 cm³/mol. The van der Waals surface area contributed by atoms with Crippen LogP contribution in [0.25, 0.3) is 0 Å². The Labute approximate surface area is 552 Å². The highest BCUT2D eigenvalue weighted by Gasteiger charge is 2.40. The van der Waals surface area contributed by atoms with Crippen LogP contribution in [-0.4, -0.2) is 98.1 Å². The SMILES string of the molecule is CCCC1=C(CC(=NC)OOC)C(=O)C(C)=C(CN=C(C)OO)C1=O.CCCCCCCCCCCCN=C(CC1=C(C(C)c2ccc(C(C)(C)C)cc2)C(=O)C(CN=C(CCCCCCCCCCCC)OO)=C(C(C)c2ccc(C(C)(C)C)cc2)C1=O)OOC. The molecule has 0 aliphatic heterocycles. The number of aliphatic imine (C=N–C) groups is 4. The van der Waals surface area contributed by atoms with Crippen LogP contribution in [0.1, 0.15) is 285 Å². The minimum absolute atomic E-state index is 0.00932. The van der Waals surface area contributed by atoms with E-state index in [1.165, 1.54) is 129 Å². The van der Waals surface area contributed by atoms with Crippen LogP contribution in [0.2, 0.25) is 0 Å².